The Labute approximate surface area is 98.6 Å². The van der Waals surface area contributed by atoms with Crippen molar-refractivity contribution in [1.82, 2.24) is 9.80 Å². The van der Waals surface area contributed by atoms with Gasteiger partial charge in [0.25, 0.3) is 0 Å². The molecule has 0 aliphatic carbocycles. The molecule has 9 heteroatoms. The van der Waals surface area contributed by atoms with Gasteiger partial charge in [-0.25, -0.2) is 9.29 Å². The maximum atomic E-state index is 13.4. The molecule has 1 saturated heterocycles. The number of halogens is 7. The summed E-state index contributed by atoms with van der Waals surface area (Å²) in [4.78, 5) is 0.824. The Morgan fingerprint density at radius 3 is 1.72 bits per heavy atom. The van der Waals surface area contributed by atoms with Crippen LogP contribution in [0.25, 0.3) is 0 Å². The number of rotatable bonds is 2. The lowest BCUT2D eigenvalue weighted by atomic mass is 10.2. The number of hydrogen-bond donors (Lipinski definition) is 0. The molecule has 0 bridgehead atoms. The molecule has 0 amide bonds. The molecule has 0 aromatic rings. The molecule has 1 rings (SSSR count). The minimum absolute atomic E-state index is 0.132. The summed E-state index contributed by atoms with van der Waals surface area (Å²) < 4.78 is 86.6. The monoisotopic (exact) mass is 280 g/mol. The molecule has 1 aliphatic heterocycles. The van der Waals surface area contributed by atoms with E-state index in [9.17, 15) is 30.7 Å². The smallest absolute Gasteiger partial charge is 0.268 e. The molecular weight excluding hydrogens is 269 g/mol. The normalized spacial score (nSPS) is 21.9. The van der Waals surface area contributed by atoms with Crippen molar-refractivity contribution in [3.63, 3.8) is 0 Å². The summed E-state index contributed by atoms with van der Waals surface area (Å²) in [6.45, 7) is 0.601. The summed E-state index contributed by atoms with van der Waals surface area (Å²) in [7, 11) is 0. The highest BCUT2D eigenvalue weighted by Crippen LogP contribution is 2.31. The standard InChI is InChI=1S/C9H11F7N2/c1-6(8(11,12)13)7(10)17-2-4-18(5-3-17)9(14,15)16/h7H,1-5H2. The maximum Gasteiger partial charge on any atom is 0.460 e. The second-order valence-corrected chi connectivity index (χ2v) is 3.85. The first-order chi connectivity index (χ1) is 8.03. The van der Waals surface area contributed by atoms with Crippen LogP contribution in [-0.4, -0.2) is 54.8 Å². The van der Waals surface area contributed by atoms with Gasteiger partial charge < -0.3 is 0 Å². The Morgan fingerprint density at radius 2 is 1.39 bits per heavy atom. The zero-order chi connectivity index (χ0) is 14.1. The Balaban J connectivity index is 2.56. The number of piperazine rings is 1. The first-order valence-electron chi connectivity index (χ1n) is 4.99. The summed E-state index contributed by atoms with van der Waals surface area (Å²) in [5, 5.41) is 0. The van der Waals surface area contributed by atoms with Crippen molar-refractivity contribution in [1.29, 1.82) is 0 Å². The van der Waals surface area contributed by atoms with Crippen LogP contribution < -0.4 is 0 Å². The molecular formula is C9H11F7N2. The van der Waals surface area contributed by atoms with Gasteiger partial charge in [-0.1, -0.05) is 6.58 Å². The highest BCUT2D eigenvalue weighted by Gasteiger charge is 2.43. The van der Waals surface area contributed by atoms with Gasteiger partial charge in [0.1, 0.15) is 0 Å². The molecule has 0 aromatic heterocycles. The van der Waals surface area contributed by atoms with Crippen LogP contribution in [0.15, 0.2) is 12.2 Å². The second kappa shape index (κ2) is 5.04. The van der Waals surface area contributed by atoms with E-state index in [1.165, 1.54) is 0 Å². The summed E-state index contributed by atoms with van der Waals surface area (Å²) in [5.41, 5.74) is -1.59. The lowest BCUT2D eigenvalue weighted by Gasteiger charge is -2.37. The molecule has 1 aliphatic rings. The van der Waals surface area contributed by atoms with E-state index in [1.807, 2.05) is 0 Å². The third-order valence-corrected chi connectivity index (χ3v) is 2.65. The second-order valence-electron chi connectivity index (χ2n) is 3.85. The number of alkyl halides is 7. The van der Waals surface area contributed by atoms with Crippen LogP contribution in [-0.2, 0) is 0 Å². The quantitative estimate of drug-likeness (QED) is 0.436. The summed E-state index contributed by atoms with van der Waals surface area (Å²) in [6.07, 6.45) is -11.9. The summed E-state index contributed by atoms with van der Waals surface area (Å²) >= 11 is 0. The van der Waals surface area contributed by atoms with Gasteiger partial charge in [0.2, 0.25) is 0 Å². The van der Waals surface area contributed by atoms with Crippen molar-refractivity contribution in [2.45, 2.75) is 18.8 Å². The van der Waals surface area contributed by atoms with E-state index < -0.39 is 50.5 Å². The molecule has 0 N–H and O–H groups in total. The molecule has 0 aromatic carbocycles. The Hall–Kier alpha value is -0.830. The fourth-order valence-electron chi connectivity index (χ4n) is 1.56. The molecule has 0 saturated carbocycles. The lowest BCUT2D eigenvalue weighted by Crippen LogP contribution is -2.54. The fraction of sp³-hybridized carbons (Fsp3) is 0.778. The Kier molecular flexibility index (Phi) is 4.26. The molecule has 0 radical (unpaired) electrons. The third kappa shape index (κ3) is 3.58. The van der Waals surface area contributed by atoms with Crippen LogP contribution in [0.1, 0.15) is 0 Å². The Bertz CT molecular complexity index is 301. The van der Waals surface area contributed by atoms with E-state index in [0.717, 1.165) is 0 Å². The largest absolute Gasteiger partial charge is 0.460 e. The first-order valence-corrected chi connectivity index (χ1v) is 4.99. The average molecular weight is 280 g/mol. The van der Waals surface area contributed by atoms with Crippen LogP contribution in [0.2, 0.25) is 0 Å². The number of hydrogen-bond acceptors (Lipinski definition) is 2. The molecule has 1 heterocycles. The topological polar surface area (TPSA) is 6.48 Å². The Morgan fingerprint density at radius 1 is 0.944 bits per heavy atom. The van der Waals surface area contributed by atoms with Gasteiger partial charge in [0.15, 0.2) is 6.30 Å². The van der Waals surface area contributed by atoms with Crippen LogP contribution in [0.4, 0.5) is 30.7 Å². The summed E-state index contributed by atoms with van der Waals surface area (Å²) in [5.74, 6) is 0. The number of nitrogens with zero attached hydrogens (tertiary/aromatic N) is 2. The zero-order valence-electron chi connectivity index (χ0n) is 9.15. The predicted octanol–water partition coefficient (Wildman–Crippen LogP) is 2.54. The van der Waals surface area contributed by atoms with Gasteiger partial charge in [0, 0.05) is 26.2 Å². The zero-order valence-corrected chi connectivity index (χ0v) is 9.15. The molecule has 2 nitrogen and oxygen atoms in total. The van der Waals surface area contributed by atoms with E-state index in [1.54, 1.807) is 0 Å². The van der Waals surface area contributed by atoms with Gasteiger partial charge >= 0.3 is 12.5 Å². The molecule has 0 spiro atoms. The maximum absolute atomic E-state index is 13.4. The molecule has 1 unspecified atom stereocenters. The molecule has 106 valence electrons. The third-order valence-electron chi connectivity index (χ3n) is 2.65. The fourth-order valence-corrected chi connectivity index (χ4v) is 1.56. The SMILES string of the molecule is C=C(C(F)N1CCN(C(F)(F)F)CC1)C(F)(F)F. The van der Waals surface area contributed by atoms with E-state index in [0.29, 0.717) is 4.90 Å². The molecule has 1 fully saturated rings. The van der Waals surface area contributed by atoms with Gasteiger partial charge in [0.05, 0.1) is 5.57 Å². The van der Waals surface area contributed by atoms with Crippen molar-refractivity contribution >= 4 is 0 Å². The highest BCUT2D eigenvalue weighted by molar-refractivity contribution is 5.09. The molecule has 1 atom stereocenters. The van der Waals surface area contributed by atoms with Crippen LogP contribution in [0.3, 0.4) is 0 Å². The average Bonchev–Trinajstić information content (AvgIpc) is 2.25. The predicted molar refractivity (Wildman–Crippen MR) is 49.3 cm³/mol. The van der Waals surface area contributed by atoms with E-state index in [4.69, 9.17) is 0 Å². The van der Waals surface area contributed by atoms with Crippen molar-refractivity contribution in [3.05, 3.63) is 12.2 Å². The van der Waals surface area contributed by atoms with Crippen molar-refractivity contribution in [3.8, 4) is 0 Å². The van der Waals surface area contributed by atoms with Gasteiger partial charge in [-0.05, 0) is 0 Å². The van der Waals surface area contributed by atoms with Crippen LogP contribution >= 0.6 is 0 Å². The highest BCUT2D eigenvalue weighted by atomic mass is 19.4. The van der Waals surface area contributed by atoms with Crippen LogP contribution in [0, 0.1) is 0 Å². The van der Waals surface area contributed by atoms with Crippen molar-refractivity contribution in [2.24, 2.45) is 0 Å². The van der Waals surface area contributed by atoms with E-state index >= 15 is 0 Å². The van der Waals surface area contributed by atoms with Crippen LogP contribution in [0.5, 0.6) is 0 Å². The van der Waals surface area contributed by atoms with Gasteiger partial charge in [-0.15, -0.1) is 0 Å². The van der Waals surface area contributed by atoms with Gasteiger partial charge in [-0.3, -0.25) is 4.90 Å². The lowest BCUT2D eigenvalue weighted by molar-refractivity contribution is -0.254. The first kappa shape index (κ1) is 15.2. The van der Waals surface area contributed by atoms with Crippen molar-refractivity contribution < 1.29 is 30.7 Å². The molecule has 18 heavy (non-hydrogen) atoms. The van der Waals surface area contributed by atoms with Crippen molar-refractivity contribution in [2.75, 3.05) is 26.2 Å². The minimum Gasteiger partial charge on any atom is -0.268 e. The van der Waals surface area contributed by atoms with Gasteiger partial charge in [-0.2, -0.15) is 26.3 Å². The van der Waals surface area contributed by atoms with E-state index in [2.05, 4.69) is 6.58 Å². The minimum atomic E-state index is -4.89. The summed E-state index contributed by atoms with van der Waals surface area (Å²) in [6, 6.07) is 0. The van der Waals surface area contributed by atoms with E-state index in [-0.39, 0.29) is 4.90 Å².